The number of azo groups is 2. The molecule has 0 bridgehead atoms. The Labute approximate surface area is 315 Å². The molecule has 6 aromatic rings. The van der Waals surface area contributed by atoms with Gasteiger partial charge in [-0.1, -0.05) is 59.5 Å². The Hall–Kier alpha value is -6.17. The summed E-state index contributed by atoms with van der Waals surface area (Å²) < 4.78 is 34.1. The van der Waals surface area contributed by atoms with Crippen LogP contribution in [0.4, 0.5) is 28.4 Å². The van der Waals surface area contributed by atoms with Crippen molar-refractivity contribution < 1.29 is 50.6 Å². The molecule has 18 nitrogen and oxygen atoms in total. The van der Waals surface area contributed by atoms with Crippen LogP contribution in [0.25, 0.3) is 11.4 Å². The van der Waals surface area contributed by atoms with E-state index in [1.54, 1.807) is 61.5 Å². The largest absolute Gasteiger partial charge is 3.00 e. The zero-order valence-corrected chi connectivity index (χ0v) is 30.0. The molecule has 1 radical (unpaired) electrons. The number of aromatic amines is 1. The van der Waals surface area contributed by atoms with Gasteiger partial charge in [-0.15, -0.1) is 10.2 Å². The van der Waals surface area contributed by atoms with Crippen molar-refractivity contribution in [2.75, 3.05) is 0 Å². The third-order valence-electron chi connectivity index (χ3n) is 6.99. The number of nitrogens with zero attached hydrogens (tertiary/aromatic N) is 8. The Morgan fingerprint density at radius 2 is 1.42 bits per heavy atom. The molecule has 269 valence electrons. The van der Waals surface area contributed by atoms with E-state index in [0.29, 0.717) is 17.1 Å². The van der Waals surface area contributed by atoms with Crippen LogP contribution in [-0.4, -0.2) is 37.5 Å². The fourth-order valence-corrected chi connectivity index (χ4v) is 5.39. The van der Waals surface area contributed by atoms with Crippen LogP contribution in [-0.2, 0) is 27.5 Å². The maximum absolute atomic E-state index is 12.5. The van der Waals surface area contributed by atoms with Gasteiger partial charge >= 0.3 is 17.4 Å². The molecule has 0 amide bonds. The summed E-state index contributed by atoms with van der Waals surface area (Å²) in [5.41, 5.74) is 0.565. The second-order valence-electron chi connectivity index (χ2n) is 10.6. The molecule has 0 fully saturated rings. The first-order valence-electron chi connectivity index (χ1n) is 14.6. The summed E-state index contributed by atoms with van der Waals surface area (Å²) in [6, 6.07) is 22.6. The summed E-state index contributed by atoms with van der Waals surface area (Å²) in [6.45, 7) is 3.19. The Kier molecular flexibility index (Phi) is 12.3. The topological polar surface area (TPSA) is 272 Å². The summed E-state index contributed by atoms with van der Waals surface area (Å²) in [7, 11) is -4.79. The number of aryl methyl sites for hydroxylation is 2. The molecular formula is C32H23ClCrN9O9S. The molecule has 2 aromatic heterocycles. The van der Waals surface area contributed by atoms with Gasteiger partial charge in [0.2, 0.25) is 0 Å². The molecule has 0 saturated carbocycles. The van der Waals surface area contributed by atoms with E-state index < -0.39 is 48.6 Å². The molecule has 4 aromatic carbocycles. The molecule has 6 rings (SSSR count). The number of halogens is 1. The second kappa shape index (κ2) is 16.5. The summed E-state index contributed by atoms with van der Waals surface area (Å²) in [6.07, 6.45) is 0. The SMILES string of the molecule is Cc1[nH]n(-c2ccccc2)c(=O)c1N=Nc1ccc([N+](=O)[O-])cc1[O-].Cc1nn(-c2ccccc2)c([O-])c1N=Nc1cc(Cl)cc(S(=O)(=O)O)c1[O-].[Cr+3]. The number of nitro groups is 1. The van der Waals surface area contributed by atoms with E-state index in [0.717, 1.165) is 28.9 Å². The predicted molar refractivity (Wildman–Crippen MR) is 180 cm³/mol. The molecular weight excluding hydrogens is 774 g/mol. The first-order valence-corrected chi connectivity index (χ1v) is 16.4. The number of rotatable bonds is 8. The molecule has 0 spiro atoms. The Morgan fingerprint density at radius 3 is 2.00 bits per heavy atom. The summed E-state index contributed by atoms with van der Waals surface area (Å²) in [4.78, 5) is 21.5. The zero-order valence-electron chi connectivity index (χ0n) is 27.1. The van der Waals surface area contributed by atoms with Gasteiger partial charge < -0.3 is 15.3 Å². The van der Waals surface area contributed by atoms with Crippen molar-refractivity contribution in [3.05, 3.63) is 128 Å². The van der Waals surface area contributed by atoms with Gasteiger partial charge in [-0.2, -0.15) is 23.7 Å². The number of non-ortho nitro benzene ring substituents is 1. The van der Waals surface area contributed by atoms with E-state index in [9.17, 15) is 38.6 Å². The van der Waals surface area contributed by atoms with Gasteiger partial charge in [-0.3, -0.25) is 24.6 Å². The van der Waals surface area contributed by atoms with Crippen LogP contribution in [0.3, 0.4) is 0 Å². The van der Waals surface area contributed by atoms with Gasteiger partial charge in [-0.25, -0.2) is 9.36 Å². The predicted octanol–water partition coefficient (Wildman–Crippen LogP) is 5.51. The number of para-hydroxylation sites is 2. The number of nitro benzene ring substituents is 1. The molecule has 2 N–H and O–H groups in total. The van der Waals surface area contributed by atoms with Crippen LogP contribution in [0, 0.1) is 24.0 Å². The maximum Gasteiger partial charge on any atom is 3.00 e. The summed E-state index contributed by atoms with van der Waals surface area (Å²) >= 11 is 5.76. The Morgan fingerprint density at radius 1 is 0.830 bits per heavy atom. The molecule has 0 atom stereocenters. The standard InChI is InChI=1S/C16H13ClN4O5S.C16H13N5O4.Cr/c1-9-14(16(23)21(20-9)11-5-3-2-4-6-11)19-18-12-7-10(17)8-13(15(12)22)27(24,25)26;1-10-15(16(23)20(19-10)11-5-3-2-4-6-11)18-17-13-8-7-12(21(24)25)9-14(13)22;/h2-8,22-23H,1H3,(H,24,25,26);2-9,19,22H,1H3;/q;;+3/p-3. The van der Waals surface area contributed by atoms with Crippen LogP contribution in [0.1, 0.15) is 11.4 Å². The number of hydrogen-bond donors (Lipinski definition) is 2. The third kappa shape index (κ3) is 9.02. The molecule has 0 aliphatic rings. The average Bonchev–Trinajstić information content (AvgIpc) is 3.56. The average molecular weight is 797 g/mol. The van der Waals surface area contributed by atoms with Crippen LogP contribution >= 0.6 is 11.6 Å². The molecule has 0 saturated heterocycles. The number of H-pyrrole nitrogens is 1. The van der Waals surface area contributed by atoms with E-state index in [2.05, 4.69) is 30.7 Å². The molecule has 21 heteroatoms. The van der Waals surface area contributed by atoms with Gasteiger partial charge in [-0.05, 0) is 56.3 Å². The van der Waals surface area contributed by atoms with Crippen LogP contribution in [0.15, 0.2) is 121 Å². The van der Waals surface area contributed by atoms with E-state index in [1.807, 2.05) is 6.07 Å². The van der Waals surface area contributed by atoms with Crippen molar-refractivity contribution in [2.24, 2.45) is 20.5 Å². The minimum absolute atomic E-state index is 0. The van der Waals surface area contributed by atoms with E-state index in [-0.39, 0.29) is 50.8 Å². The number of aromatic nitrogens is 4. The van der Waals surface area contributed by atoms with Gasteiger partial charge in [0.15, 0.2) is 5.69 Å². The second-order valence-corrected chi connectivity index (χ2v) is 12.4. The normalized spacial score (nSPS) is 11.3. The Bertz CT molecular complexity index is 2520. The van der Waals surface area contributed by atoms with Crippen molar-refractivity contribution in [1.29, 1.82) is 0 Å². The van der Waals surface area contributed by atoms with E-state index in [4.69, 9.17) is 16.2 Å². The van der Waals surface area contributed by atoms with Crippen LogP contribution < -0.4 is 20.9 Å². The molecule has 53 heavy (non-hydrogen) atoms. The Balaban J connectivity index is 0.000000233. The first kappa shape index (κ1) is 39.6. The van der Waals surface area contributed by atoms with Crippen molar-refractivity contribution in [2.45, 2.75) is 18.7 Å². The smallest absolute Gasteiger partial charge is 0.871 e. The molecule has 0 aliphatic heterocycles. The minimum Gasteiger partial charge on any atom is -0.871 e. The van der Waals surface area contributed by atoms with E-state index >= 15 is 0 Å². The van der Waals surface area contributed by atoms with Crippen LogP contribution in [0.2, 0.25) is 5.02 Å². The molecule has 0 unspecified atom stereocenters. The fraction of sp³-hybridized carbons (Fsp3) is 0.0625. The van der Waals surface area contributed by atoms with Gasteiger partial charge in [0.25, 0.3) is 21.4 Å². The zero-order chi connectivity index (χ0) is 37.7. The minimum atomic E-state index is -4.79. The van der Waals surface area contributed by atoms with Crippen LogP contribution in [0.5, 0.6) is 17.4 Å². The quantitative estimate of drug-likeness (QED) is 0.0843. The number of nitrogens with one attached hydrogen (secondary N) is 1. The van der Waals surface area contributed by atoms with Gasteiger partial charge in [0.05, 0.1) is 44.0 Å². The monoisotopic (exact) mass is 796 g/mol. The van der Waals surface area contributed by atoms with E-state index in [1.165, 1.54) is 17.7 Å². The molecule has 2 heterocycles. The van der Waals surface area contributed by atoms with Crippen molar-refractivity contribution in [3.63, 3.8) is 0 Å². The maximum atomic E-state index is 12.5. The third-order valence-corrected chi connectivity index (χ3v) is 8.07. The van der Waals surface area contributed by atoms with Crippen molar-refractivity contribution >= 4 is 50.2 Å². The van der Waals surface area contributed by atoms with Crippen molar-refractivity contribution in [1.82, 2.24) is 19.6 Å². The fourth-order valence-electron chi connectivity index (χ4n) is 4.50. The first-order chi connectivity index (χ1) is 24.6. The summed E-state index contributed by atoms with van der Waals surface area (Å²) in [5, 5.41) is 68.9. The summed E-state index contributed by atoms with van der Waals surface area (Å²) in [5.74, 6) is -2.30. The van der Waals surface area contributed by atoms with Crippen molar-refractivity contribution in [3.8, 4) is 28.8 Å². The number of benzene rings is 4. The number of hydrogen-bond acceptors (Lipinski definition) is 13. The molecule has 0 aliphatic carbocycles. The van der Waals surface area contributed by atoms with Gasteiger partial charge in [0.1, 0.15) is 5.69 Å². The van der Waals surface area contributed by atoms with Gasteiger partial charge in [0, 0.05) is 23.0 Å².